The number of aromatic nitrogens is 2. The first-order valence-corrected chi connectivity index (χ1v) is 8.08. The van der Waals surface area contributed by atoms with E-state index in [2.05, 4.69) is 35.7 Å². The molecule has 0 saturated carbocycles. The molecule has 0 aliphatic carbocycles. The van der Waals surface area contributed by atoms with Crippen molar-refractivity contribution in [2.75, 3.05) is 6.54 Å². The van der Waals surface area contributed by atoms with Gasteiger partial charge in [-0.2, -0.15) is 0 Å². The molecule has 1 atom stereocenters. The number of halogens is 2. The van der Waals surface area contributed by atoms with Crippen molar-refractivity contribution in [1.82, 2.24) is 14.9 Å². The van der Waals surface area contributed by atoms with E-state index in [1.54, 1.807) is 6.07 Å². The smallest absolute Gasteiger partial charge is 0.0832 e. The number of rotatable bonds is 5. The standard InChI is InChI=1S/C14H17Cl2N3S/c1-4-17-13(9-6-5-7-10(15)11(9)16)14-12(8(2)3)18-19-20-14/h5-8,13,17H,4H2,1-3H3. The quantitative estimate of drug-likeness (QED) is 0.866. The Hall–Kier alpha value is -0.680. The lowest BCUT2D eigenvalue weighted by molar-refractivity contribution is 0.626. The van der Waals surface area contributed by atoms with Crippen LogP contribution in [0.5, 0.6) is 0 Å². The fourth-order valence-corrected chi connectivity index (χ4v) is 3.42. The van der Waals surface area contributed by atoms with Crippen LogP contribution in [-0.2, 0) is 0 Å². The van der Waals surface area contributed by atoms with Gasteiger partial charge in [0, 0.05) is 0 Å². The van der Waals surface area contributed by atoms with Crippen molar-refractivity contribution in [3.05, 3.63) is 44.4 Å². The van der Waals surface area contributed by atoms with Gasteiger partial charge in [-0.1, -0.05) is 60.6 Å². The number of benzene rings is 1. The lowest BCUT2D eigenvalue weighted by Gasteiger charge is -2.20. The zero-order valence-electron chi connectivity index (χ0n) is 11.7. The number of nitrogens with one attached hydrogen (secondary N) is 1. The second kappa shape index (κ2) is 6.85. The van der Waals surface area contributed by atoms with Crippen LogP contribution in [0.2, 0.25) is 10.0 Å². The molecule has 1 aromatic carbocycles. The summed E-state index contributed by atoms with van der Waals surface area (Å²) in [6.07, 6.45) is 0. The summed E-state index contributed by atoms with van der Waals surface area (Å²) in [4.78, 5) is 1.10. The maximum atomic E-state index is 6.36. The normalized spacial score (nSPS) is 12.9. The van der Waals surface area contributed by atoms with E-state index in [1.807, 2.05) is 12.1 Å². The summed E-state index contributed by atoms with van der Waals surface area (Å²) in [5.41, 5.74) is 1.98. The predicted molar refractivity (Wildman–Crippen MR) is 86.0 cm³/mol. The van der Waals surface area contributed by atoms with Crippen LogP contribution < -0.4 is 5.32 Å². The maximum absolute atomic E-state index is 6.36. The molecule has 108 valence electrons. The molecule has 3 nitrogen and oxygen atoms in total. The van der Waals surface area contributed by atoms with Gasteiger partial charge in [0.05, 0.1) is 26.7 Å². The van der Waals surface area contributed by atoms with Gasteiger partial charge in [0.2, 0.25) is 0 Å². The van der Waals surface area contributed by atoms with Gasteiger partial charge >= 0.3 is 0 Å². The summed E-state index contributed by atoms with van der Waals surface area (Å²) in [6.45, 7) is 7.11. The molecule has 1 aromatic heterocycles. The largest absolute Gasteiger partial charge is 0.306 e. The van der Waals surface area contributed by atoms with Crippen LogP contribution in [-0.4, -0.2) is 16.1 Å². The molecular weight excluding hydrogens is 313 g/mol. The summed E-state index contributed by atoms with van der Waals surface area (Å²) in [5, 5.41) is 8.85. The van der Waals surface area contributed by atoms with Gasteiger partial charge in [0.1, 0.15) is 0 Å². The van der Waals surface area contributed by atoms with Gasteiger partial charge in [-0.25, -0.2) is 0 Å². The van der Waals surface area contributed by atoms with Crippen LogP contribution in [0.4, 0.5) is 0 Å². The number of nitrogens with zero attached hydrogens (tertiary/aromatic N) is 2. The summed E-state index contributed by atoms with van der Waals surface area (Å²) in [5.74, 6) is 0.322. The molecule has 0 bridgehead atoms. The number of hydrogen-bond acceptors (Lipinski definition) is 4. The molecule has 0 aliphatic heterocycles. The van der Waals surface area contributed by atoms with Crippen molar-refractivity contribution in [2.24, 2.45) is 0 Å². The van der Waals surface area contributed by atoms with Crippen LogP contribution in [0.1, 0.15) is 48.9 Å². The van der Waals surface area contributed by atoms with Crippen LogP contribution >= 0.6 is 34.7 Å². The highest BCUT2D eigenvalue weighted by Crippen LogP contribution is 2.36. The molecule has 0 radical (unpaired) electrons. The molecule has 6 heteroatoms. The van der Waals surface area contributed by atoms with E-state index in [9.17, 15) is 0 Å². The Bertz CT molecular complexity index is 584. The molecular formula is C14H17Cl2N3S. The Morgan fingerprint density at radius 2 is 2.05 bits per heavy atom. The second-order valence-corrected chi connectivity index (χ2v) is 6.38. The van der Waals surface area contributed by atoms with E-state index >= 15 is 0 Å². The molecule has 2 aromatic rings. The second-order valence-electron chi connectivity index (χ2n) is 4.81. The lowest BCUT2D eigenvalue weighted by atomic mass is 10.00. The highest BCUT2D eigenvalue weighted by atomic mass is 35.5. The monoisotopic (exact) mass is 329 g/mol. The fraction of sp³-hybridized carbons (Fsp3) is 0.429. The molecule has 0 aliphatic rings. The Balaban J connectivity index is 2.51. The highest BCUT2D eigenvalue weighted by Gasteiger charge is 2.24. The minimum Gasteiger partial charge on any atom is -0.306 e. The first kappa shape index (κ1) is 15.7. The fourth-order valence-electron chi connectivity index (χ4n) is 2.10. The van der Waals surface area contributed by atoms with Crippen molar-refractivity contribution in [1.29, 1.82) is 0 Å². The third kappa shape index (κ3) is 3.14. The van der Waals surface area contributed by atoms with E-state index in [0.29, 0.717) is 16.0 Å². The molecule has 0 saturated heterocycles. The van der Waals surface area contributed by atoms with Crippen molar-refractivity contribution >= 4 is 34.7 Å². The third-order valence-corrected chi connectivity index (χ3v) is 4.69. The van der Waals surface area contributed by atoms with Crippen molar-refractivity contribution in [2.45, 2.75) is 32.7 Å². The third-order valence-electron chi connectivity index (χ3n) is 3.05. The first-order chi connectivity index (χ1) is 9.56. The van der Waals surface area contributed by atoms with Gasteiger partial charge in [-0.05, 0) is 35.6 Å². The topological polar surface area (TPSA) is 37.8 Å². The summed E-state index contributed by atoms with van der Waals surface area (Å²) in [7, 11) is 0. The lowest BCUT2D eigenvalue weighted by Crippen LogP contribution is -2.22. The highest BCUT2D eigenvalue weighted by molar-refractivity contribution is 7.05. The molecule has 0 spiro atoms. The van der Waals surface area contributed by atoms with Gasteiger partial charge < -0.3 is 5.32 Å². The Kier molecular flexibility index (Phi) is 5.38. The Morgan fingerprint density at radius 3 is 2.70 bits per heavy atom. The predicted octanol–water partition coefficient (Wildman–Crippen LogP) is 4.67. The van der Waals surface area contributed by atoms with Crippen LogP contribution in [0.3, 0.4) is 0 Å². The average Bonchev–Trinajstić information content (AvgIpc) is 2.89. The van der Waals surface area contributed by atoms with Crippen LogP contribution in [0, 0.1) is 0 Å². The van der Waals surface area contributed by atoms with E-state index in [0.717, 1.165) is 22.7 Å². The van der Waals surface area contributed by atoms with Crippen LogP contribution in [0.25, 0.3) is 0 Å². The summed E-state index contributed by atoms with van der Waals surface area (Å²) < 4.78 is 4.10. The van der Waals surface area contributed by atoms with Crippen molar-refractivity contribution in [3.8, 4) is 0 Å². The summed E-state index contributed by atoms with van der Waals surface area (Å²) >= 11 is 13.9. The zero-order valence-corrected chi connectivity index (χ0v) is 14.0. The zero-order chi connectivity index (χ0) is 14.7. The molecule has 20 heavy (non-hydrogen) atoms. The minimum absolute atomic E-state index is 0.0244. The van der Waals surface area contributed by atoms with Crippen molar-refractivity contribution in [3.63, 3.8) is 0 Å². The van der Waals surface area contributed by atoms with Crippen molar-refractivity contribution < 1.29 is 0 Å². The molecule has 1 N–H and O–H groups in total. The molecule has 0 amide bonds. The van der Waals surface area contributed by atoms with E-state index in [1.165, 1.54) is 11.5 Å². The van der Waals surface area contributed by atoms with E-state index < -0.39 is 0 Å². The Labute approximate surface area is 133 Å². The van der Waals surface area contributed by atoms with Crippen LogP contribution in [0.15, 0.2) is 18.2 Å². The van der Waals surface area contributed by atoms with Gasteiger partial charge in [-0.3, -0.25) is 0 Å². The molecule has 1 unspecified atom stereocenters. The van der Waals surface area contributed by atoms with Gasteiger partial charge in [0.25, 0.3) is 0 Å². The average molecular weight is 330 g/mol. The number of hydrogen-bond donors (Lipinski definition) is 1. The Morgan fingerprint density at radius 1 is 1.30 bits per heavy atom. The van der Waals surface area contributed by atoms with E-state index in [4.69, 9.17) is 23.2 Å². The van der Waals surface area contributed by atoms with E-state index in [-0.39, 0.29) is 6.04 Å². The van der Waals surface area contributed by atoms with Gasteiger partial charge in [0.15, 0.2) is 0 Å². The summed E-state index contributed by atoms with van der Waals surface area (Å²) in [6, 6.07) is 5.68. The molecule has 0 fully saturated rings. The first-order valence-electron chi connectivity index (χ1n) is 6.55. The van der Waals surface area contributed by atoms with Gasteiger partial charge in [-0.15, -0.1) is 5.10 Å². The SMILES string of the molecule is CCNC(c1cccc(Cl)c1Cl)c1snnc1C(C)C. The molecule has 2 rings (SSSR count). The molecule has 1 heterocycles. The minimum atomic E-state index is -0.0244. The maximum Gasteiger partial charge on any atom is 0.0832 e.